The van der Waals surface area contributed by atoms with Gasteiger partial charge in [0.25, 0.3) is 0 Å². The fourth-order valence-electron chi connectivity index (χ4n) is 5.97. The first-order valence-electron chi connectivity index (χ1n) is 16.9. The van der Waals surface area contributed by atoms with Crippen molar-refractivity contribution in [2.75, 3.05) is 12.3 Å². The van der Waals surface area contributed by atoms with E-state index in [0.717, 1.165) is 11.3 Å². The Morgan fingerprint density at radius 3 is 1.92 bits per heavy atom. The van der Waals surface area contributed by atoms with Crippen LogP contribution in [0.4, 0.5) is 0 Å². The number of nitrogens with zero attached hydrogens (tertiary/aromatic N) is 2. The Morgan fingerprint density at radius 2 is 1.35 bits per heavy atom. The average molecular weight is 720 g/mol. The molecule has 1 heterocycles. The van der Waals surface area contributed by atoms with Crippen molar-refractivity contribution in [2.24, 2.45) is 0 Å². The van der Waals surface area contributed by atoms with Gasteiger partial charge in [0, 0.05) is 18.1 Å². The molecule has 0 saturated heterocycles. The Bertz CT molecular complexity index is 1760. The fraction of sp³-hybridized carbons (Fsp3) is 0.214. The van der Waals surface area contributed by atoms with Crippen LogP contribution in [0.5, 0.6) is 0 Å². The van der Waals surface area contributed by atoms with Crippen molar-refractivity contribution in [2.45, 2.75) is 43.3 Å². The van der Waals surface area contributed by atoms with Crippen molar-refractivity contribution >= 4 is 35.2 Å². The van der Waals surface area contributed by atoms with Crippen LogP contribution in [0.25, 0.3) is 0 Å². The zero-order valence-electron chi connectivity index (χ0n) is 28.3. The van der Waals surface area contributed by atoms with Gasteiger partial charge in [-0.05, 0) is 58.7 Å². The number of hydrogen-bond donors (Lipinski definition) is 3. The molecule has 5 aromatic rings. The minimum atomic E-state index is -0.932. The lowest BCUT2D eigenvalue weighted by Gasteiger charge is -2.35. The Balaban J connectivity index is 1.13. The lowest BCUT2D eigenvalue weighted by molar-refractivity contribution is -0.138. The number of aliphatic carboxylic acids is 1. The Labute approximate surface area is 309 Å². The van der Waals surface area contributed by atoms with Crippen LogP contribution < -0.4 is 5.32 Å². The topological polar surface area (TPSA) is 103 Å². The maximum atomic E-state index is 12.7. The Morgan fingerprint density at radius 1 is 0.784 bits per heavy atom. The van der Waals surface area contributed by atoms with Crippen LogP contribution in [0.15, 0.2) is 146 Å². The van der Waals surface area contributed by atoms with Gasteiger partial charge in [-0.3, -0.25) is 19.5 Å². The molecule has 0 saturated carbocycles. The second kappa shape index (κ2) is 19.0. The van der Waals surface area contributed by atoms with Crippen molar-refractivity contribution < 1.29 is 19.8 Å². The molecule has 0 radical (unpaired) electrons. The smallest absolute Gasteiger partial charge is 0.317 e. The summed E-state index contributed by atoms with van der Waals surface area (Å²) >= 11 is 7.85. The summed E-state index contributed by atoms with van der Waals surface area (Å²) in [5.74, 6) is -0.432. The number of carbonyl (C=O) groups excluding carboxylic acids is 1. The molecule has 1 aromatic heterocycles. The lowest BCUT2D eigenvalue weighted by Crippen LogP contribution is -2.30. The average Bonchev–Trinajstić information content (AvgIpc) is 3.14. The quantitative estimate of drug-likeness (QED) is 0.0482. The van der Waals surface area contributed by atoms with E-state index in [9.17, 15) is 19.8 Å². The molecule has 0 aliphatic rings. The summed E-state index contributed by atoms with van der Waals surface area (Å²) in [6.07, 6.45) is 3.35. The second-order valence-electron chi connectivity index (χ2n) is 12.2. The standard InChI is InChI=1S/C42H42ClN3O4S/c43-36-24-22-32(23-25-36)29-46(31-41(49)50)30-38-20-12-19-37(45-38)28-44-40(48)27-39(47)21-10-11-26-51-42(33-13-4-1-5-14-33,34-15-6-2-7-16-34)35-17-8-3-9-18-35/h1-10,12-25,39,47H,11,26-31H2,(H,44,48)(H,49,50)/t39-/m1/s1. The molecular weight excluding hydrogens is 678 g/mol. The van der Waals surface area contributed by atoms with E-state index in [4.69, 9.17) is 11.6 Å². The van der Waals surface area contributed by atoms with Gasteiger partial charge in [-0.1, -0.05) is 133 Å². The van der Waals surface area contributed by atoms with Gasteiger partial charge in [-0.2, -0.15) is 0 Å². The van der Waals surface area contributed by atoms with Crippen LogP contribution in [-0.4, -0.2) is 50.4 Å². The van der Waals surface area contributed by atoms with Crippen molar-refractivity contribution in [3.05, 3.63) is 184 Å². The number of nitrogens with one attached hydrogen (secondary N) is 1. The molecule has 1 atom stereocenters. The van der Waals surface area contributed by atoms with E-state index < -0.39 is 16.8 Å². The first kappa shape index (κ1) is 37.5. The third kappa shape index (κ3) is 11.1. The number of carboxylic acids is 1. The maximum Gasteiger partial charge on any atom is 0.317 e. The summed E-state index contributed by atoms with van der Waals surface area (Å²) in [4.78, 5) is 30.6. The van der Waals surface area contributed by atoms with Crippen molar-refractivity contribution in [3.8, 4) is 0 Å². The number of benzene rings is 4. The van der Waals surface area contributed by atoms with Gasteiger partial charge in [0.1, 0.15) is 0 Å². The number of rotatable bonds is 18. The van der Waals surface area contributed by atoms with Crippen LogP contribution in [0.3, 0.4) is 0 Å². The molecule has 0 aliphatic heterocycles. The first-order valence-corrected chi connectivity index (χ1v) is 18.2. The minimum Gasteiger partial charge on any atom is -0.480 e. The second-order valence-corrected chi connectivity index (χ2v) is 13.9. The first-order chi connectivity index (χ1) is 24.8. The SMILES string of the molecule is O=C(O)CN(Cc1ccc(Cl)cc1)Cc1cccc(CNC(=O)C[C@H](O)C=CCCSC(c2ccccc2)(c2ccccc2)c2ccccc2)n1. The van der Waals surface area contributed by atoms with E-state index in [0.29, 0.717) is 35.9 Å². The highest BCUT2D eigenvalue weighted by Gasteiger charge is 2.36. The van der Waals surface area contributed by atoms with E-state index in [1.165, 1.54) is 16.7 Å². The maximum absolute atomic E-state index is 12.7. The molecule has 51 heavy (non-hydrogen) atoms. The van der Waals surface area contributed by atoms with Gasteiger partial charge in [0.15, 0.2) is 0 Å². The molecule has 4 aromatic carbocycles. The summed E-state index contributed by atoms with van der Waals surface area (Å²) in [6.45, 7) is 0.783. The Kier molecular flexibility index (Phi) is 14.0. The predicted molar refractivity (Wildman–Crippen MR) is 205 cm³/mol. The van der Waals surface area contributed by atoms with Crippen molar-refractivity contribution in [1.29, 1.82) is 0 Å². The highest BCUT2D eigenvalue weighted by atomic mass is 35.5. The summed E-state index contributed by atoms with van der Waals surface area (Å²) in [5.41, 5.74) is 5.86. The number of aromatic nitrogens is 1. The third-order valence-electron chi connectivity index (χ3n) is 8.29. The van der Waals surface area contributed by atoms with Gasteiger partial charge < -0.3 is 15.5 Å². The number of thioether (sulfide) groups is 1. The number of hydrogen-bond acceptors (Lipinski definition) is 6. The van der Waals surface area contributed by atoms with Gasteiger partial charge in [0.05, 0.1) is 41.7 Å². The van der Waals surface area contributed by atoms with E-state index in [1.54, 1.807) is 29.2 Å². The molecule has 7 nitrogen and oxygen atoms in total. The number of aliphatic hydroxyl groups is 1. The van der Waals surface area contributed by atoms with Crippen molar-refractivity contribution in [1.82, 2.24) is 15.2 Å². The molecule has 1 amide bonds. The molecule has 0 fully saturated rings. The van der Waals surface area contributed by atoms with Crippen LogP contribution in [0.1, 0.15) is 46.5 Å². The van der Waals surface area contributed by atoms with Crippen molar-refractivity contribution in [3.63, 3.8) is 0 Å². The lowest BCUT2D eigenvalue weighted by atomic mass is 9.84. The van der Waals surface area contributed by atoms with Gasteiger partial charge in [0.2, 0.25) is 5.91 Å². The molecule has 0 unspecified atom stereocenters. The molecule has 0 aliphatic carbocycles. The molecule has 0 bridgehead atoms. The molecule has 262 valence electrons. The summed E-state index contributed by atoms with van der Waals surface area (Å²) in [6, 6.07) is 44.4. The predicted octanol–water partition coefficient (Wildman–Crippen LogP) is 7.86. The summed E-state index contributed by atoms with van der Waals surface area (Å²) in [5, 5.41) is 23.5. The third-order valence-corrected chi connectivity index (χ3v) is 10.1. The molecule has 5 rings (SSSR count). The molecule has 9 heteroatoms. The van der Waals surface area contributed by atoms with Gasteiger partial charge in [-0.15, -0.1) is 11.8 Å². The highest BCUT2D eigenvalue weighted by molar-refractivity contribution is 8.00. The number of allylic oxidation sites excluding steroid dienone is 1. The number of halogens is 1. The highest BCUT2D eigenvalue weighted by Crippen LogP contribution is 2.48. The molecule has 3 N–H and O–H groups in total. The number of carboxylic acid groups (broad SMARTS) is 1. The Hall–Kier alpha value is -4.73. The molecular formula is C42H42ClN3O4S. The van der Waals surface area contributed by atoms with E-state index in [2.05, 4.69) is 83.1 Å². The van der Waals surface area contributed by atoms with Gasteiger partial charge >= 0.3 is 5.97 Å². The number of carbonyl (C=O) groups is 2. The van der Waals surface area contributed by atoms with Crippen LogP contribution in [-0.2, 0) is 34.0 Å². The molecule has 0 spiro atoms. The summed E-state index contributed by atoms with van der Waals surface area (Å²) < 4.78 is -0.410. The number of aliphatic hydroxyl groups excluding tert-OH is 1. The van der Waals surface area contributed by atoms with Crippen LogP contribution in [0.2, 0.25) is 5.02 Å². The zero-order chi connectivity index (χ0) is 35.9. The van der Waals surface area contributed by atoms with E-state index in [-0.39, 0.29) is 25.4 Å². The van der Waals surface area contributed by atoms with Gasteiger partial charge in [-0.25, -0.2) is 0 Å². The van der Waals surface area contributed by atoms with E-state index >= 15 is 0 Å². The van der Waals surface area contributed by atoms with Crippen LogP contribution >= 0.6 is 23.4 Å². The largest absolute Gasteiger partial charge is 0.480 e. The minimum absolute atomic E-state index is 0.0706. The van der Waals surface area contributed by atoms with E-state index in [1.807, 2.05) is 60.3 Å². The zero-order valence-corrected chi connectivity index (χ0v) is 29.8. The summed E-state index contributed by atoms with van der Waals surface area (Å²) in [7, 11) is 0. The number of amides is 1. The number of pyridine rings is 1. The normalized spacial score (nSPS) is 12.2. The monoisotopic (exact) mass is 719 g/mol. The van der Waals surface area contributed by atoms with Crippen LogP contribution in [0, 0.1) is 0 Å². The fourth-order valence-corrected chi connectivity index (χ4v) is 7.57.